The maximum absolute atomic E-state index is 11.7. The second-order valence-corrected chi connectivity index (χ2v) is 5.05. The lowest BCUT2D eigenvalue weighted by Crippen LogP contribution is -2.42. The predicted octanol–water partition coefficient (Wildman–Crippen LogP) is 3.18. The number of aliphatic carboxylic acids is 1. The highest BCUT2D eigenvalue weighted by atomic mass is 16.4. The zero-order valence-electron chi connectivity index (χ0n) is 12.1. The molecule has 0 aliphatic carbocycles. The highest BCUT2D eigenvalue weighted by Gasteiger charge is 2.18. The van der Waals surface area contributed by atoms with Gasteiger partial charge in [0.05, 0.1) is 0 Å². The first-order chi connectivity index (χ1) is 9.43. The Labute approximate surface area is 119 Å². The quantitative estimate of drug-likeness (QED) is 0.747. The Morgan fingerprint density at radius 1 is 1.20 bits per heavy atom. The monoisotopic (exact) mass is 278 g/mol. The van der Waals surface area contributed by atoms with Crippen molar-refractivity contribution < 1.29 is 14.7 Å². The molecule has 110 valence electrons. The molecule has 5 heteroatoms. The number of rotatable bonds is 6. The number of carbonyl (C=O) groups excluding carboxylic acids is 1. The van der Waals surface area contributed by atoms with Gasteiger partial charge < -0.3 is 15.7 Å². The minimum atomic E-state index is -1.02. The van der Waals surface area contributed by atoms with Crippen molar-refractivity contribution in [1.29, 1.82) is 0 Å². The second kappa shape index (κ2) is 7.53. The molecular weight excluding hydrogens is 256 g/mol. The Morgan fingerprint density at radius 3 is 2.25 bits per heavy atom. The standard InChI is InChI=1S/C15H22N2O3/c1-4-5-13(14(18)19)17-15(20)16-12-8-6-11(7-9-12)10(2)3/h6-10,13H,4-5H2,1-3H3,(H,18,19)(H2,16,17,20). The average Bonchev–Trinajstić information content (AvgIpc) is 2.38. The van der Waals surface area contributed by atoms with Gasteiger partial charge in [-0.2, -0.15) is 0 Å². The molecule has 1 rings (SSSR count). The summed E-state index contributed by atoms with van der Waals surface area (Å²) in [5, 5.41) is 14.1. The molecule has 1 aromatic carbocycles. The van der Waals surface area contributed by atoms with Gasteiger partial charge in [0.15, 0.2) is 0 Å². The number of anilines is 1. The summed E-state index contributed by atoms with van der Waals surface area (Å²) in [5.41, 5.74) is 1.83. The van der Waals surface area contributed by atoms with Gasteiger partial charge in [0.1, 0.15) is 6.04 Å². The summed E-state index contributed by atoms with van der Waals surface area (Å²) in [6, 6.07) is 6.16. The van der Waals surface area contributed by atoms with E-state index in [1.165, 1.54) is 5.56 Å². The van der Waals surface area contributed by atoms with Gasteiger partial charge in [0, 0.05) is 5.69 Å². The summed E-state index contributed by atoms with van der Waals surface area (Å²) in [5.74, 6) is -0.587. The third-order valence-corrected chi connectivity index (χ3v) is 3.02. The van der Waals surface area contributed by atoms with Crippen molar-refractivity contribution >= 4 is 17.7 Å². The molecule has 0 fully saturated rings. The highest BCUT2D eigenvalue weighted by Crippen LogP contribution is 2.17. The van der Waals surface area contributed by atoms with Crippen LogP contribution in [0.1, 0.15) is 45.1 Å². The zero-order valence-corrected chi connectivity index (χ0v) is 12.1. The average molecular weight is 278 g/mol. The van der Waals surface area contributed by atoms with Crippen molar-refractivity contribution in [2.75, 3.05) is 5.32 Å². The Balaban J connectivity index is 2.59. The molecule has 0 aliphatic heterocycles. The van der Waals surface area contributed by atoms with Crippen molar-refractivity contribution in [2.45, 2.75) is 45.6 Å². The van der Waals surface area contributed by atoms with E-state index in [-0.39, 0.29) is 0 Å². The van der Waals surface area contributed by atoms with Gasteiger partial charge in [0.2, 0.25) is 0 Å². The molecule has 0 spiro atoms. The summed E-state index contributed by atoms with van der Waals surface area (Å²) in [7, 11) is 0. The van der Waals surface area contributed by atoms with Crippen molar-refractivity contribution in [3.05, 3.63) is 29.8 Å². The normalized spacial score (nSPS) is 12.0. The second-order valence-electron chi connectivity index (χ2n) is 5.05. The third-order valence-electron chi connectivity index (χ3n) is 3.02. The van der Waals surface area contributed by atoms with Crippen molar-refractivity contribution in [3.8, 4) is 0 Å². The first kappa shape index (κ1) is 16.0. The minimum absolute atomic E-state index is 0.412. The van der Waals surface area contributed by atoms with Crippen LogP contribution >= 0.6 is 0 Å². The van der Waals surface area contributed by atoms with E-state index in [2.05, 4.69) is 24.5 Å². The zero-order chi connectivity index (χ0) is 15.1. The highest BCUT2D eigenvalue weighted by molar-refractivity contribution is 5.92. The molecule has 0 radical (unpaired) electrons. The van der Waals surface area contributed by atoms with Crippen LogP contribution in [0.2, 0.25) is 0 Å². The lowest BCUT2D eigenvalue weighted by atomic mass is 10.0. The SMILES string of the molecule is CCCC(NC(=O)Nc1ccc(C(C)C)cc1)C(=O)O. The van der Waals surface area contributed by atoms with E-state index >= 15 is 0 Å². The van der Waals surface area contributed by atoms with Crippen LogP contribution in [-0.4, -0.2) is 23.1 Å². The molecule has 1 unspecified atom stereocenters. The van der Waals surface area contributed by atoms with E-state index in [1.807, 2.05) is 31.2 Å². The molecule has 0 aliphatic rings. The van der Waals surface area contributed by atoms with E-state index in [1.54, 1.807) is 0 Å². The number of benzene rings is 1. The van der Waals surface area contributed by atoms with Crippen LogP contribution in [0.3, 0.4) is 0 Å². The summed E-state index contributed by atoms with van der Waals surface area (Å²) in [4.78, 5) is 22.7. The first-order valence-corrected chi connectivity index (χ1v) is 6.84. The van der Waals surface area contributed by atoms with Crippen LogP contribution in [0, 0.1) is 0 Å². The molecule has 20 heavy (non-hydrogen) atoms. The van der Waals surface area contributed by atoms with Gasteiger partial charge in [-0.25, -0.2) is 9.59 Å². The maximum Gasteiger partial charge on any atom is 0.326 e. The van der Waals surface area contributed by atoms with Crippen molar-refractivity contribution in [2.24, 2.45) is 0 Å². The molecular formula is C15H22N2O3. The number of carbonyl (C=O) groups is 2. The number of carboxylic acids is 1. The topological polar surface area (TPSA) is 78.4 Å². The smallest absolute Gasteiger partial charge is 0.326 e. The number of urea groups is 1. The van der Waals surface area contributed by atoms with Gasteiger partial charge >= 0.3 is 12.0 Å². The van der Waals surface area contributed by atoms with Crippen LogP contribution in [0.25, 0.3) is 0 Å². The molecule has 0 saturated heterocycles. The molecule has 0 aromatic heterocycles. The molecule has 1 atom stereocenters. The Bertz CT molecular complexity index is 455. The molecule has 5 nitrogen and oxygen atoms in total. The lowest BCUT2D eigenvalue weighted by Gasteiger charge is -2.14. The summed E-state index contributed by atoms with van der Waals surface area (Å²) in [6.45, 7) is 6.06. The lowest BCUT2D eigenvalue weighted by molar-refractivity contribution is -0.139. The Kier molecular flexibility index (Phi) is 6.03. The van der Waals surface area contributed by atoms with Gasteiger partial charge in [-0.15, -0.1) is 0 Å². The molecule has 3 N–H and O–H groups in total. The fraction of sp³-hybridized carbons (Fsp3) is 0.467. The van der Waals surface area contributed by atoms with E-state index in [0.29, 0.717) is 24.4 Å². The number of carboxylic acid groups (broad SMARTS) is 1. The van der Waals surface area contributed by atoms with E-state index < -0.39 is 18.0 Å². The predicted molar refractivity (Wildman–Crippen MR) is 79.0 cm³/mol. The first-order valence-electron chi connectivity index (χ1n) is 6.84. The van der Waals surface area contributed by atoms with Crippen molar-refractivity contribution in [3.63, 3.8) is 0 Å². The maximum atomic E-state index is 11.7. The number of nitrogens with one attached hydrogen (secondary N) is 2. The van der Waals surface area contributed by atoms with E-state index in [4.69, 9.17) is 5.11 Å². The molecule has 2 amide bonds. The Hall–Kier alpha value is -2.04. The largest absolute Gasteiger partial charge is 0.480 e. The van der Waals surface area contributed by atoms with Gasteiger partial charge in [-0.3, -0.25) is 0 Å². The number of hydrogen-bond acceptors (Lipinski definition) is 2. The fourth-order valence-electron chi connectivity index (χ4n) is 1.82. The van der Waals surface area contributed by atoms with Crippen LogP contribution < -0.4 is 10.6 Å². The van der Waals surface area contributed by atoms with Gasteiger partial charge in [-0.1, -0.05) is 39.3 Å². The van der Waals surface area contributed by atoms with E-state index in [9.17, 15) is 9.59 Å². The van der Waals surface area contributed by atoms with Crippen LogP contribution in [0.4, 0.5) is 10.5 Å². The summed E-state index contributed by atoms with van der Waals surface area (Å²) < 4.78 is 0. The number of hydrogen-bond donors (Lipinski definition) is 3. The Morgan fingerprint density at radius 2 is 1.80 bits per heavy atom. The van der Waals surface area contributed by atoms with Crippen molar-refractivity contribution in [1.82, 2.24) is 5.32 Å². The summed E-state index contributed by atoms with van der Waals surface area (Å²) in [6.07, 6.45) is 1.11. The van der Waals surface area contributed by atoms with Gasteiger partial charge in [-0.05, 0) is 30.0 Å². The summed E-state index contributed by atoms with van der Waals surface area (Å²) >= 11 is 0. The third kappa shape index (κ3) is 4.91. The molecule has 0 heterocycles. The minimum Gasteiger partial charge on any atom is -0.480 e. The molecule has 0 bridgehead atoms. The van der Waals surface area contributed by atoms with Crippen LogP contribution in [-0.2, 0) is 4.79 Å². The van der Waals surface area contributed by atoms with E-state index in [0.717, 1.165) is 0 Å². The van der Waals surface area contributed by atoms with Crippen LogP contribution in [0.5, 0.6) is 0 Å². The van der Waals surface area contributed by atoms with Crippen LogP contribution in [0.15, 0.2) is 24.3 Å². The molecule has 0 saturated carbocycles. The number of amides is 2. The molecule has 1 aromatic rings. The fourth-order valence-corrected chi connectivity index (χ4v) is 1.82. The van der Waals surface area contributed by atoms with Gasteiger partial charge in [0.25, 0.3) is 0 Å².